The molecule has 0 radical (unpaired) electrons. The molecule has 0 spiro atoms. The van der Waals surface area contributed by atoms with Crippen LogP contribution >= 0.6 is 0 Å². The lowest BCUT2D eigenvalue weighted by Crippen LogP contribution is -2.48. The van der Waals surface area contributed by atoms with Crippen LogP contribution in [0.3, 0.4) is 0 Å². The van der Waals surface area contributed by atoms with E-state index in [4.69, 9.17) is 4.42 Å². The van der Waals surface area contributed by atoms with Crippen LogP contribution in [0.1, 0.15) is 30.3 Å². The summed E-state index contributed by atoms with van der Waals surface area (Å²) in [7, 11) is 0. The van der Waals surface area contributed by atoms with Gasteiger partial charge in [0, 0.05) is 39.0 Å². The van der Waals surface area contributed by atoms with Gasteiger partial charge in [0.2, 0.25) is 5.91 Å². The SMILES string of the molecule is CCN1CCN(C(=O)CCC(=O)c2ccco2)CC1. The smallest absolute Gasteiger partial charge is 0.223 e. The van der Waals surface area contributed by atoms with E-state index in [2.05, 4.69) is 11.8 Å². The Hall–Kier alpha value is -1.62. The van der Waals surface area contributed by atoms with Crippen LogP contribution in [0.25, 0.3) is 0 Å². The number of carbonyl (C=O) groups excluding carboxylic acids is 2. The van der Waals surface area contributed by atoms with Crippen molar-refractivity contribution in [3.63, 3.8) is 0 Å². The van der Waals surface area contributed by atoms with Gasteiger partial charge < -0.3 is 14.2 Å². The van der Waals surface area contributed by atoms with E-state index in [1.54, 1.807) is 12.1 Å². The fourth-order valence-electron chi connectivity index (χ4n) is 2.25. The number of piperazine rings is 1. The third-order valence-corrected chi connectivity index (χ3v) is 3.53. The number of ketones is 1. The highest BCUT2D eigenvalue weighted by atomic mass is 16.3. The normalized spacial score (nSPS) is 16.6. The lowest BCUT2D eigenvalue weighted by Gasteiger charge is -2.34. The average Bonchev–Trinajstić information content (AvgIpc) is 2.98. The van der Waals surface area contributed by atoms with Crippen molar-refractivity contribution < 1.29 is 14.0 Å². The monoisotopic (exact) mass is 264 g/mol. The Bertz CT molecular complexity index is 420. The Labute approximate surface area is 113 Å². The summed E-state index contributed by atoms with van der Waals surface area (Å²) in [6.45, 7) is 6.53. The first-order valence-corrected chi connectivity index (χ1v) is 6.77. The topological polar surface area (TPSA) is 53.8 Å². The van der Waals surface area contributed by atoms with E-state index in [9.17, 15) is 9.59 Å². The third-order valence-electron chi connectivity index (χ3n) is 3.53. The molecular formula is C14H20N2O3. The van der Waals surface area contributed by atoms with Crippen molar-refractivity contribution in [2.24, 2.45) is 0 Å². The molecule has 0 saturated carbocycles. The van der Waals surface area contributed by atoms with Gasteiger partial charge in [0.25, 0.3) is 0 Å². The lowest BCUT2D eigenvalue weighted by atomic mass is 10.1. The third kappa shape index (κ3) is 3.67. The van der Waals surface area contributed by atoms with Crippen LogP contribution < -0.4 is 0 Å². The highest BCUT2D eigenvalue weighted by molar-refractivity contribution is 5.95. The number of hydrogen-bond acceptors (Lipinski definition) is 4. The maximum absolute atomic E-state index is 12.0. The van der Waals surface area contributed by atoms with Crippen LogP contribution in [-0.2, 0) is 4.79 Å². The second kappa shape index (κ2) is 6.52. The Morgan fingerprint density at radius 2 is 1.95 bits per heavy atom. The quantitative estimate of drug-likeness (QED) is 0.754. The summed E-state index contributed by atoms with van der Waals surface area (Å²) in [6, 6.07) is 3.31. The summed E-state index contributed by atoms with van der Waals surface area (Å²) >= 11 is 0. The molecule has 0 aromatic carbocycles. The number of furan rings is 1. The standard InChI is InChI=1S/C14H20N2O3/c1-2-15-7-9-16(10-8-15)14(18)6-5-12(17)13-4-3-11-19-13/h3-4,11H,2,5-10H2,1H3. The van der Waals surface area contributed by atoms with Crippen LogP contribution in [0, 0.1) is 0 Å². The van der Waals surface area contributed by atoms with Crippen LogP contribution in [-0.4, -0.2) is 54.2 Å². The largest absolute Gasteiger partial charge is 0.461 e. The van der Waals surface area contributed by atoms with Gasteiger partial charge in [-0.1, -0.05) is 6.92 Å². The highest BCUT2D eigenvalue weighted by Gasteiger charge is 2.21. The first kappa shape index (κ1) is 13.8. The van der Waals surface area contributed by atoms with Crippen molar-refractivity contribution in [1.29, 1.82) is 0 Å². The van der Waals surface area contributed by atoms with Crippen LogP contribution in [0.15, 0.2) is 22.8 Å². The molecule has 1 fully saturated rings. The molecule has 2 heterocycles. The van der Waals surface area contributed by atoms with Crippen molar-refractivity contribution in [3.8, 4) is 0 Å². The zero-order valence-electron chi connectivity index (χ0n) is 11.3. The van der Waals surface area contributed by atoms with Crippen molar-refractivity contribution in [2.75, 3.05) is 32.7 Å². The van der Waals surface area contributed by atoms with Crippen LogP contribution in [0.2, 0.25) is 0 Å². The summed E-state index contributed by atoms with van der Waals surface area (Å²) in [4.78, 5) is 27.9. The minimum absolute atomic E-state index is 0.0654. The van der Waals surface area contributed by atoms with Gasteiger partial charge in [0.1, 0.15) is 0 Å². The molecule has 104 valence electrons. The van der Waals surface area contributed by atoms with Gasteiger partial charge in [-0.15, -0.1) is 0 Å². The van der Waals surface area contributed by atoms with Gasteiger partial charge in [-0.05, 0) is 18.7 Å². The number of Topliss-reactive ketones (excluding diaryl/α,β-unsaturated/α-hetero) is 1. The molecule has 5 heteroatoms. The first-order valence-electron chi connectivity index (χ1n) is 6.77. The fourth-order valence-corrected chi connectivity index (χ4v) is 2.25. The predicted octanol–water partition coefficient (Wildman–Crippen LogP) is 1.41. The van der Waals surface area contributed by atoms with E-state index in [1.165, 1.54) is 6.26 Å². The molecule has 0 aliphatic carbocycles. The summed E-state index contributed by atoms with van der Waals surface area (Å²) in [5.74, 6) is 0.296. The molecular weight excluding hydrogens is 244 g/mol. The van der Waals surface area contributed by atoms with Crippen LogP contribution in [0.5, 0.6) is 0 Å². The Balaban J connectivity index is 1.74. The molecule has 19 heavy (non-hydrogen) atoms. The average molecular weight is 264 g/mol. The van der Waals surface area contributed by atoms with Gasteiger partial charge in [-0.3, -0.25) is 9.59 Å². The second-order valence-electron chi connectivity index (χ2n) is 4.72. The zero-order valence-corrected chi connectivity index (χ0v) is 11.3. The zero-order chi connectivity index (χ0) is 13.7. The maximum atomic E-state index is 12.0. The van der Waals surface area contributed by atoms with Crippen molar-refractivity contribution in [3.05, 3.63) is 24.2 Å². The molecule has 5 nitrogen and oxygen atoms in total. The molecule has 0 bridgehead atoms. The Kier molecular flexibility index (Phi) is 4.74. The van der Waals surface area contributed by atoms with Crippen molar-refractivity contribution in [2.45, 2.75) is 19.8 Å². The van der Waals surface area contributed by atoms with E-state index in [1.807, 2.05) is 4.90 Å². The molecule has 1 aromatic rings. The summed E-state index contributed by atoms with van der Waals surface area (Å²) < 4.78 is 5.02. The molecule has 1 aliphatic rings. The molecule has 0 atom stereocenters. The van der Waals surface area contributed by atoms with E-state index < -0.39 is 0 Å². The van der Waals surface area contributed by atoms with Crippen LogP contribution in [0.4, 0.5) is 0 Å². The lowest BCUT2D eigenvalue weighted by molar-refractivity contribution is -0.132. The summed E-state index contributed by atoms with van der Waals surface area (Å²) in [5, 5.41) is 0. The summed E-state index contributed by atoms with van der Waals surface area (Å²) in [5.41, 5.74) is 0. The molecule has 1 saturated heterocycles. The van der Waals surface area contributed by atoms with Crippen molar-refractivity contribution in [1.82, 2.24) is 9.80 Å². The number of rotatable bonds is 5. The van der Waals surface area contributed by atoms with Gasteiger partial charge in [-0.2, -0.15) is 0 Å². The summed E-state index contributed by atoms with van der Waals surface area (Å²) in [6.07, 6.45) is 1.96. The van der Waals surface area contributed by atoms with Gasteiger partial charge >= 0.3 is 0 Å². The van der Waals surface area contributed by atoms with E-state index in [0.29, 0.717) is 5.76 Å². The Morgan fingerprint density at radius 1 is 1.21 bits per heavy atom. The van der Waals surface area contributed by atoms with E-state index >= 15 is 0 Å². The minimum atomic E-state index is -0.106. The first-order chi connectivity index (χ1) is 9.20. The number of nitrogens with zero attached hydrogens (tertiary/aromatic N) is 2. The fraction of sp³-hybridized carbons (Fsp3) is 0.571. The van der Waals surface area contributed by atoms with Gasteiger partial charge in [0.15, 0.2) is 11.5 Å². The highest BCUT2D eigenvalue weighted by Crippen LogP contribution is 2.09. The molecule has 0 unspecified atom stereocenters. The number of amides is 1. The molecule has 1 aliphatic heterocycles. The molecule has 0 N–H and O–H groups in total. The van der Waals surface area contributed by atoms with Gasteiger partial charge in [0.05, 0.1) is 6.26 Å². The number of hydrogen-bond donors (Lipinski definition) is 0. The molecule has 1 aromatic heterocycles. The molecule has 2 rings (SSSR count). The maximum Gasteiger partial charge on any atom is 0.223 e. The van der Waals surface area contributed by atoms with Gasteiger partial charge in [-0.25, -0.2) is 0 Å². The number of likely N-dealkylation sites (N-methyl/N-ethyl adjacent to an activating group) is 1. The van der Waals surface area contributed by atoms with E-state index in [0.717, 1.165) is 32.7 Å². The Morgan fingerprint density at radius 3 is 2.53 bits per heavy atom. The second-order valence-corrected chi connectivity index (χ2v) is 4.72. The van der Waals surface area contributed by atoms with Crippen molar-refractivity contribution >= 4 is 11.7 Å². The molecule has 1 amide bonds. The minimum Gasteiger partial charge on any atom is -0.461 e. The number of carbonyl (C=O) groups is 2. The predicted molar refractivity (Wildman–Crippen MR) is 71.0 cm³/mol. The van der Waals surface area contributed by atoms with E-state index in [-0.39, 0.29) is 24.5 Å².